The second kappa shape index (κ2) is 16.7. The summed E-state index contributed by atoms with van der Waals surface area (Å²) in [5, 5.41) is 26.7. The number of carboxylic acids is 1. The topological polar surface area (TPSA) is 235 Å². The quantitative estimate of drug-likeness (QED) is 0.0507. The smallest absolute Gasteiger partial charge is 0.326 e. The highest BCUT2D eigenvalue weighted by Gasteiger charge is 2.29. The first-order chi connectivity index (χ1) is 19.5. The van der Waals surface area contributed by atoms with Crippen molar-refractivity contribution in [3.8, 4) is 5.75 Å². The minimum Gasteiger partial charge on any atom is -0.508 e. The van der Waals surface area contributed by atoms with Crippen LogP contribution >= 0.6 is 12.6 Å². The van der Waals surface area contributed by atoms with Crippen LogP contribution in [-0.4, -0.2) is 76.3 Å². The Balaban J connectivity index is 2.08. The third-order valence-corrected chi connectivity index (χ3v) is 6.38. The number of phenols is 1. The Kier molecular flexibility index (Phi) is 13.4. The third kappa shape index (κ3) is 11.8. The van der Waals surface area contributed by atoms with Crippen LogP contribution in [0.1, 0.15) is 24.0 Å². The lowest BCUT2D eigenvalue weighted by molar-refractivity contribution is -0.142. The number of phenolic OH excluding ortho intramolecular Hbond substituents is 1. The summed E-state index contributed by atoms with van der Waals surface area (Å²) in [7, 11) is 0. The van der Waals surface area contributed by atoms with E-state index in [0.29, 0.717) is 17.5 Å². The van der Waals surface area contributed by atoms with Gasteiger partial charge in [-0.2, -0.15) is 12.6 Å². The van der Waals surface area contributed by atoms with E-state index in [1.54, 1.807) is 42.5 Å². The summed E-state index contributed by atoms with van der Waals surface area (Å²) < 4.78 is 0. The number of benzene rings is 2. The summed E-state index contributed by atoms with van der Waals surface area (Å²) in [5.41, 5.74) is 18.2. The zero-order chi connectivity index (χ0) is 30.4. The van der Waals surface area contributed by atoms with Crippen molar-refractivity contribution in [3.05, 3.63) is 65.7 Å². The molecule has 3 amide bonds. The first-order valence-electron chi connectivity index (χ1n) is 12.9. The predicted molar refractivity (Wildman–Crippen MR) is 157 cm³/mol. The number of amides is 3. The number of aliphatic carboxylic acids is 1. The summed E-state index contributed by atoms with van der Waals surface area (Å²) in [4.78, 5) is 54.6. The highest BCUT2D eigenvalue weighted by atomic mass is 32.1. The van der Waals surface area contributed by atoms with Crippen LogP contribution in [0.5, 0.6) is 5.75 Å². The lowest BCUT2D eigenvalue weighted by Crippen LogP contribution is -2.58. The van der Waals surface area contributed by atoms with Crippen LogP contribution in [0, 0.1) is 0 Å². The number of thiol groups is 1. The molecule has 0 saturated heterocycles. The van der Waals surface area contributed by atoms with Gasteiger partial charge in [0.05, 0.1) is 6.04 Å². The molecule has 2 aromatic carbocycles. The van der Waals surface area contributed by atoms with Crippen LogP contribution in [0.2, 0.25) is 0 Å². The lowest BCUT2D eigenvalue weighted by Gasteiger charge is -2.24. The number of hydrogen-bond donors (Lipinski definition) is 9. The predicted octanol–water partition coefficient (Wildman–Crippen LogP) is -0.973. The van der Waals surface area contributed by atoms with Gasteiger partial charge in [-0.05, 0) is 42.5 Å². The third-order valence-electron chi connectivity index (χ3n) is 6.02. The van der Waals surface area contributed by atoms with E-state index in [1.165, 1.54) is 12.1 Å². The second-order valence-corrected chi connectivity index (χ2v) is 9.69. The van der Waals surface area contributed by atoms with E-state index >= 15 is 0 Å². The van der Waals surface area contributed by atoms with E-state index in [0.717, 1.165) is 0 Å². The highest BCUT2D eigenvalue weighted by molar-refractivity contribution is 7.80. The molecule has 0 aliphatic carbocycles. The van der Waals surface area contributed by atoms with E-state index in [9.17, 15) is 29.4 Å². The summed E-state index contributed by atoms with van der Waals surface area (Å²) in [6, 6.07) is 10.4. The summed E-state index contributed by atoms with van der Waals surface area (Å²) >= 11 is 4.15. The number of aliphatic imine (C=N–C) groups is 1. The van der Waals surface area contributed by atoms with E-state index < -0.39 is 47.9 Å². The number of nitrogens with two attached hydrogens (primary N) is 3. The Hall–Kier alpha value is -4.30. The number of nitrogens with one attached hydrogen (secondary N) is 3. The maximum Gasteiger partial charge on any atom is 0.326 e. The molecule has 11 N–H and O–H groups in total. The van der Waals surface area contributed by atoms with Gasteiger partial charge < -0.3 is 43.4 Å². The van der Waals surface area contributed by atoms with Crippen molar-refractivity contribution in [3.63, 3.8) is 0 Å². The van der Waals surface area contributed by atoms with Gasteiger partial charge in [-0.3, -0.25) is 19.4 Å². The van der Waals surface area contributed by atoms with Crippen LogP contribution in [0.15, 0.2) is 59.6 Å². The Labute approximate surface area is 243 Å². The first-order valence-corrected chi connectivity index (χ1v) is 13.5. The molecule has 0 bridgehead atoms. The maximum absolute atomic E-state index is 13.2. The van der Waals surface area contributed by atoms with E-state index in [2.05, 4.69) is 33.6 Å². The van der Waals surface area contributed by atoms with Gasteiger partial charge in [0.15, 0.2) is 5.96 Å². The van der Waals surface area contributed by atoms with Crippen LogP contribution in [0.25, 0.3) is 0 Å². The summed E-state index contributed by atoms with van der Waals surface area (Å²) in [6.45, 7) is 0.192. The zero-order valence-corrected chi connectivity index (χ0v) is 23.3. The van der Waals surface area contributed by atoms with E-state index in [4.69, 9.17) is 17.2 Å². The fraction of sp³-hybridized carbons (Fsp3) is 0.370. The molecule has 4 unspecified atom stereocenters. The maximum atomic E-state index is 13.2. The van der Waals surface area contributed by atoms with Gasteiger partial charge in [0, 0.05) is 18.7 Å². The van der Waals surface area contributed by atoms with Crippen molar-refractivity contribution in [2.75, 3.05) is 12.3 Å². The Morgan fingerprint density at radius 2 is 1.37 bits per heavy atom. The van der Waals surface area contributed by atoms with Crippen molar-refractivity contribution in [2.45, 2.75) is 49.9 Å². The molecule has 0 spiro atoms. The largest absolute Gasteiger partial charge is 0.508 e. The molecule has 222 valence electrons. The molecule has 13 nitrogen and oxygen atoms in total. The molecule has 0 saturated carbocycles. The van der Waals surface area contributed by atoms with Gasteiger partial charge in [0.2, 0.25) is 17.7 Å². The van der Waals surface area contributed by atoms with E-state index in [-0.39, 0.29) is 43.3 Å². The summed E-state index contributed by atoms with van der Waals surface area (Å²) in [5.74, 6) is -3.47. The SMILES string of the molecule is NC(N)=NCCCC(NC(=O)C(N)Cc1ccc(O)cc1)C(=O)NC(CS)C(=O)NC(Cc1ccccc1)C(=O)O. The van der Waals surface area contributed by atoms with E-state index in [1.807, 2.05) is 0 Å². The zero-order valence-electron chi connectivity index (χ0n) is 22.4. The second-order valence-electron chi connectivity index (χ2n) is 9.32. The van der Waals surface area contributed by atoms with Gasteiger partial charge in [-0.15, -0.1) is 0 Å². The van der Waals surface area contributed by atoms with Crippen LogP contribution in [0.4, 0.5) is 0 Å². The minimum atomic E-state index is -1.24. The molecule has 2 aromatic rings. The van der Waals surface area contributed by atoms with Crippen molar-refractivity contribution >= 4 is 42.3 Å². The number of aromatic hydroxyl groups is 1. The number of carbonyl (C=O) groups excluding carboxylic acids is 3. The number of rotatable bonds is 16. The molecule has 0 fully saturated rings. The molecule has 0 aliphatic heterocycles. The normalized spacial score (nSPS) is 13.6. The highest BCUT2D eigenvalue weighted by Crippen LogP contribution is 2.11. The Morgan fingerprint density at radius 3 is 1.95 bits per heavy atom. The van der Waals surface area contributed by atoms with Gasteiger partial charge in [0.1, 0.15) is 23.9 Å². The van der Waals surface area contributed by atoms with Gasteiger partial charge in [0.25, 0.3) is 0 Å². The molecule has 0 heterocycles. The molecule has 4 atom stereocenters. The molecular formula is C27H37N7O6S. The van der Waals surface area contributed by atoms with Crippen molar-refractivity contribution in [1.29, 1.82) is 0 Å². The van der Waals surface area contributed by atoms with Crippen LogP contribution in [-0.2, 0) is 32.0 Å². The molecule has 0 radical (unpaired) electrons. The monoisotopic (exact) mass is 587 g/mol. The number of guanidine groups is 1. The number of hydrogen-bond acceptors (Lipinski definition) is 8. The standard InChI is InChI=1S/C27H37N7O6S/c28-19(13-17-8-10-18(35)11-9-17)23(36)32-20(7-4-12-31-27(29)30)24(37)34-22(15-41)25(38)33-21(26(39)40)14-16-5-2-1-3-6-16/h1-3,5-6,8-11,19-22,35,41H,4,7,12-15,28H2,(H,32,36)(H,33,38)(H,34,37)(H,39,40)(H4,29,30,31). The number of nitrogens with zero attached hydrogens (tertiary/aromatic N) is 1. The van der Waals surface area contributed by atoms with Crippen molar-refractivity contribution in [1.82, 2.24) is 16.0 Å². The Morgan fingerprint density at radius 1 is 0.805 bits per heavy atom. The molecule has 41 heavy (non-hydrogen) atoms. The summed E-state index contributed by atoms with van der Waals surface area (Å²) in [6.07, 6.45) is 0.623. The van der Waals surface area contributed by atoms with Gasteiger partial charge in [-0.1, -0.05) is 42.5 Å². The fourth-order valence-electron chi connectivity index (χ4n) is 3.82. The van der Waals surface area contributed by atoms with Gasteiger partial charge >= 0.3 is 5.97 Å². The fourth-order valence-corrected chi connectivity index (χ4v) is 4.08. The van der Waals surface area contributed by atoms with Crippen molar-refractivity contribution < 1.29 is 29.4 Å². The Bertz CT molecular complexity index is 1190. The first kappa shape index (κ1) is 32.9. The molecule has 0 aromatic heterocycles. The number of carboxylic acid groups (broad SMARTS) is 1. The van der Waals surface area contributed by atoms with Gasteiger partial charge in [-0.25, -0.2) is 4.79 Å². The minimum absolute atomic E-state index is 0.0392. The van der Waals surface area contributed by atoms with Crippen molar-refractivity contribution in [2.24, 2.45) is 22.2 Å². The molecule has 14 heteroatoms. The molecular weight excluding hydrogens is 550 g/mol. The molecule has 0 aliphatic rings. The lowest BCUT2D eigenvalue weighted by atomic mass is 10.0. The average molecular weight is 588 g/mol. The van der Waals surface area contributed by atoms with Crippen LogP contribution < -0.4 is 33.2 Å². The van der Waals surface area contributed by atoms with Crippen LogP contribution in [0.3, 0.4) is 0 Å². The molecule has 2 rings (SSSR count). The number of carbonyl (C=O) groups is 4. The average Bonchev–Trinajstić information content (AvgIpc) is 2.94.